The van der Waals surface area contributed by atoms with E-state index in [2.05, 4.69) is 22.5 Å². The van der Waals surface area contributed by atoms with Gasteiger partial charge < -0.3 is 20.7 Å². The second-order valence-corrected chi connectivity index (χ2v) is 6.37. The van der Waals surface area contributed by atoms with Gasteiger partial charge in [-0.3, -0.25) is 14.4 Å². The molecule has 1 unspecified atom stereocenters. The van der Waals surface area contributed by atoms with Crippen LogP contribution in [-0.4, -0.2) is 37.4 Å². The minimum absolute atomic E-state index is 0.314. The van der Waals surface area contributed by atoms with Crippen LogP contribution in [0.25, 0.3) is 6.08 Å². The molecule has 0 bridgehead atoms. The molecule has 2 aromatic rings. The average molecular weight is 407 g/mol. The van der Waals surface area contributed by atoms with Crippen molar-refractivity contribution in [2.75, 3.05) is 19.0 Å². The zero-order valence-electron chi connectivity index (χ0n) is 17.0. The Hall–Kier alpha value is -3.87. The number of ether oxygens (including phenoxy) is 1. The van der Waals surface area contributed by atoms with Gasteiger partial charge in [-0.1, -0.05) is 30.3 Å². The van der Waals surface area contributed by atoms with Crippen LogP contribution < -0.4 is 20.7 Å². The molecule has 0 aliphatic rings. The van der Waals surface area contributed by atoms with Gasteiger partial charge in [0.25, 0.3) is 5.91 Å². The van der Waals surface area contributed by atoms with Gasteiger partial charge in [0, 0.05) is 12.6 Å². The normalized spacial score (nSPS) is 11.4. The third kappa shape index (κ3) is 6.63. The Labute approximate surface area is 175 Å². The standard InChI is InChI=1S/C23H25N3O4/c1-4-15-24-23(29)19-7-5-6-8-20(19)26-22(28)16(2)25-21(27)14-11-17-9-12-18(30-3)13-10-17/h4-14,16H,1,15H2,2-3H3,(H,24,29)(H,25,27)(H,26,28)/b14-11+. The monoisotopic (exact) mass is 407 g/mol. The van der Waals surface area contributed by atoms with Crippen molar-refractivity contribution in [3.05, 3.63) is 78.4 Å². The third-order valence-electron chi connectivity index (χ3n) is 4.13. The summed E-state index contributed by atoms with van der Waals surface area (Å²) in [4.78, 5) is 36.8. The Morgan fingerprint density at radius 1 is 1.10 bits per heavy atom. The van der Waals surface area contributed by atoms with Crippen LogP contribution in [0.5, 0.6) is 5.75 Å². The van der Waals surface area contributed by atoms with Gasteiger partial charge in [0.2, 0.25) is 11.8 Å². The molecule has 2 rings (SSSR count). The summed E-state index contributed by atoms with van der Waals surface area (Å²) in [5.41, 5.74) is 1.51. The Balaban J connectivity index is 1.96. The summed E-state index contributed by atoms with van der Waals surface area (Å²) in [6.45, 7) is 5.43. The molecule has 0 aliphatic carbocycles. The Bertz CT molecular complexity index is 936. The second kappa shape index (κ2) is 11.2. The van der Waals surface area contributed by atoms with Crippen LogP contribution in [0.15, 0.2) is 67.3 Å². The second-order valence-electron chi connectivity index (χ2n) is 6.37. The average Bonchev–Trinajstić information content (AvgIpc) is 2.76. The SMILES string of the molecule is C=CCNC(=O)c1ccccc1NC(=O)C(C)NC(=O)/C=C/c1ccc(OC)cc1. The zero-order chi connectivity index (χ0) is 21.9. The fourth-order valence-electron chi connectivity index (χ4n) is 2.51. The highest BCUT2D eigenvalue weighted by Gasteiger charge is 2.17. The van der Waals surface area contributed by atoms with Crippen molar-refractivity contribution in [3.8, 4) is 5.75 Å². The zero-order valence-corrected chi connectivity index (χ0v) is 17.0. The lowest BCUT2D eigenvalue weighted by Crippen LogP contribution is -2.41. The predicted octanol–water partition coefficient (Wildman–Crippen LogP) is 2.77. The topological polar surface area (TPSA) is 96.5 Å². The molecule has 0 heterocycles. The molecule has 0 aliphatic heterocycles. The summed E-state index contributed by atoms with van der Waals surface area (Å²) in [5.74, 6) is -0.457. The lowest BCUT2D eigenvalue weighted by Gasteiger charge is -2.15. The Kier molecular flexibility index (Phi) is 8.38. The third-order valence-corrected chi connectivity index (χ3v) is 4.13. The van der Waals surface area contributed by atoms with E-state index in [0.717, 1.165) is 11.3 Å². The van der Waals surface area contributed by atoms with Crippen molar-refractivity contribution in [2.24, 2.45) is 0 Å². The number of benzene rings is 2. The number of nitrogens with one attached hydrogen (secondary N) is 3. The minimum atomic E-state index is -0.803. The largest absolute Gasteiger partial charge is 0.497 e. The summed E-state index contributed by atoms with van der Waals surface area (Å²) in [6, 6.07) is 13.0. The smallest absolute Gasteiger partial charge is 0.253 e. The van der Waals surface area contributed by atoms with Gasteiger partial charge >= 0.3 is 0 Å². The van der Waals surface area contributed by atoms with E-state index in [-0.39, 0.29) is 5.91 Å². The van der Waals surface area contributed by atoms with E-state index in [1.54, 1.807) is 62.6 Å². The molecule has 30 heavy (non-hydrogen) atoms. The van der Waals surface area contributed by atoms with Crippen molar-refractivity contribution < 1.29 is 19.1 Å². The van der Waals surface area contributed by atoms with Crippen molar-refractivity contribution in [1.82, 2.24) is 10.6 Å². The fraction of sp³-hybridized carbons (Fsp3) is 0.174. The van der Waals surface area contributed by atoms with Gasteiger partial charge in [-0.15, -0.1) is 6.58 Å². The number of para-hydroxylation sites is 1. The first kappa shape index (κ1) is 22.4. The van der Waals surface area contributed by atoms with Crippen molar-refractivity contribution in [1.29, 1.82) is 0 Å². The number of hydrogen-bond donors (Lipinski definition) is 3. The molecule has 7 heteroatoms. The molecular weight excluding hydrogens is 382 g/mol. The van der Waals surface area contributed by atoms with Crippen LogP contribution >= 0.6 is 0 Å². The van der Waals surface area contributed by atoms with Crippen LogP contribution in [-0.2, 0) is 9.59 Å². The van der Waals surface area contributed by atoms with Gasteiger partial charge in [0.05, 0.1) is 18.4 Å². The first-order chi connectivity index (χ1) is 14.4. The number of anilines is 1. The number of rotatable bonds is 9. The number of amides is 3. The van der Waals surface area contributed by atoms with E-state index in [1.165, 1.54) is 6.08 Å². The molecule has 156 valence electrons. The van der Waals surface area contributed by atoms with E-state index in [1.807, 2.05) is 12.1 Å². The summed E-state index contributed by atoms with van der Waals surface area (Å²) in [5, 5.41) is 7.95. The molecule has 3 amide bonds. The van der Waals surface area contributed by atoms with Crippen LogP contribution in [0, 0.1) is 0 Å². The first-order valence-corrected chi connectivity index (χ1v) is 9.36. The highest BCUT2D eigenvalue weighted by atomic mass is 16.5. The highest BCUT2D eigenvalue weighted by molar-refractivity contribution is 6.05. The molecule has 0 saturated heterocycles. The van der Waals surface area contributed by atoms with E-state index in [4.69, 9.17) is 4.74 Å². The van der Waals surface area contributed by atoms with Crippen LogP contribution in [0.2, 0.25) is 0 Å². The number of methoxy groups -OCH3 is 1. The number of hydrogen-bond acceptors (Lipinski definition) is 4. The fourth-order valence-corrected chi connectivity index (χ4v) is 2.51. The van der Waals surface area contributed by atoms with Crippen molar-refractivity contribution in [3.63, 3.8) is 0 Å². The van der Waals surface area contributed by atoms with E-state index >= 15 is 0 Å². The molecule has 0 spiro atoms. The van der Waals surface area contributed by atoms with Crippen LogP contribution in [0.4, 0.5) is 5.69 Å². The van der Waals surface area contributed by atoms with Gasteiger partial charge in [0.15, 0.2) is 0 Å². The summed E-state index contributed by atoms with van der Waals surface area (Å²) in [7, 11) is 1.58. The summed E-state index contributed by atoms with van der Waals surface area (Å²) >= 11 is 0. The van der Waals surface area contributed by atoms with Gasteiger partial charge in [-0.05, 0) is 42.8 Å². The molecule has 0 saturated carbocycles. The Morgan fingerprint density at radius 2 is 1.80 bits per heavy atom. The van der Waals surface area contributed by atoms with Crippen molar-refractivity contribution >= 4 is 29.5 Å². The molecule has 3 N–H and O–H groups in total. The Morgan fingerprint density at radius 3 is 2.47 bits per heavy atom. The first-order valence-electron chi connectivity index (χ1n) is 9.36. The predicted molar refractivity (Wildman–Crippen MR) is 117 cm³/mol. The summed E-state index contributed by atoms with van der Waals surface area (Å²) in [6.07, 6.45) is 4.55. The molecule has 7 nitrogen and oxygen atoms in total. The van der Waals surface area contributed by atoms with Gasteiger partial charge in [0.1, 0.15) is 11.8 Å². The van der Waals surface area contributed by atoms with Crippen LogP contribution in [0.3, 0.4) is 0 Å². The molecule has 0 fully saturated rings. The maximum absolute atomic E-state index is 12.5. The van der Waals surface area contributed by atoms with Gasteiger partial charge in [-0.25, -0.2) is 0 Å². The molecule has 0 aromatic heterocycles. The maximum atomic E-state index is 12.5. The lowest BCUT2D eigenvalue weighted by atomic mass is 10.1. The molecular formula is C23H25N3O4. The lowest BCUT2D eigenvalue weighted by molar-refractivity contribution is -0.123. The maximum Gasteiger partial charge on any atom is 0.253 e. The van der Waals surface area contributed by atoms with Crippen molar-refractivity contribution in [2.45, 2.75) is 13.0 Å². The van der Waals surface area contributed by atoms with E-state index < -0.39 is 17.9 Å². The quantitative estimate of drug-likeness (QED) is 0.440. The van der Waals surface area contributed by atoms with Gasteiger partial charge in [-0.2, -0.15) is 0 Å². The molecule has 0 radical (unpaired) electrons. The molecule has 1 atom stereocenters. The van der Waals surface area contributed by atoms with E-state index in [0.29, 0.717) is 17.8 Å². The van der Waals surface area contributed by atoms with Crippen LogP contribution in [0.1, 0.15) is 22.8 Å². The number of carbonyl (C=O) groups excluding carboxylic acids is 3. The highest BCUT2D eigenvalue weighted by Crippen LogP contribution is 2.15. The summed E-state index contributed by atoms with van der Waals surface area (Å²) < 4.78 is 5.09. The van der Waals surface area contributed by atoms with E-state index in [9.17, 15) is 14.4 Å². The molecule has 2 aromatic carbocycles. The number of carbonyl (C=O) groups is 3. The minimum Gasteiger partial charge on any atom is -0.497 e.